The highest BCUT2D eigenvalue weighted by molar-refractivity contribution is 5.48. The van der Waals surface area contributed by atoms with Crippen molar-refractivity contribution in [2.75, 3.05) is 0 Å². The molecule has 0 radical (unpaired) electrons. The van der Waals surface area contributed by atoms with Gasteiger partial charge in [0.1, 0.15) is 0 Å². The number of allylic oxidation sites excluding steroid dienone is 2. The number of aryl methyl sites for hydroxylation is 2. The first-order valence-corrected chi connectivity index (χ1v) is 6.57. The maximum atomic E-state index is 2.40. The van der Waals surface area contributed by atoms with Crippen LogP contribution < -0.4 is 0 Å². The lowest BCUT2D eigenvalue weighted by Crippen LogP contribution is -2.06. The summed E-state index contributed by atoms with van der Waals surface area (Å²) in [5.74, 6) is 0. The minimum atomic E-state index is 0.774. The molecule has 2 saturated carbocycles. The van der Waals surface area contributed by atoms with Crippen molar-refractivity contribution in [3.05, 3.63) is 46.0 Å². The Kier molecular flexibility index (Phi) is 1.58. The zero-order chi connectivity index (χ0) is 10.8. The van der Waals surface area contributed by atoms with E-state index in [2.05, 4.69) is 25.1 Å². The third-order valence-corrected chi connectivity index (χ3v) is 4.77. The largest absolute Gasteiger partial charge is 0.0657 e. The Hall–Kier alpha value is -1.04. The number of hydrogen-bond donors (Lipinski definition) is 0. The van der Waals surface area contributed by atoms with Gasteiger partial charge in [0.15, 0.2) is 0 Å². The summed E-state index contributed by atoms with van der Waals surface area (Å²) in [6, 6.07) is 7.00. The first-order chi connectivity index (χ1) is 7.77. The lowest BCUT2D eigenvalue weighted by molar-refractivity contribution is 0.819. The highest BCUT2D eigenvalue weighted by Crippen LogP contribution is 2.71. The average molecular weight is 210 g/mol. The van der Waals surface area contributed by atoms with Gasteiger partial charge in [0.25, 0.3) is 0 Å². The molecule has 3 aliphatic carbocycles. The lowest BCUT2D eigenvalue weighted by atomic mass is 9.86. The summed E-state index contributed by atoms with van der Waals surface area (Å²) >= 11 is 0. The highest BCUT2D eigenvalue weighted by Gasteiger charge is 2.59. The summed E-state index contributed by atoms with van der Waals surface area (Å²) in [6.45, 7) is 2.21. The molecule has 82 valence electrons. The predicted molar refractivity (Wildman–Crippen MR) is 66.5 cm³/mol. The smallest absolute Gasteiger partial charge is 0.00469 e. The molecule has 16 heavy (non-hydrogen) atoms. The summed E-state index contributed by atoms with van der Waals surface area (Å²) in [5.41, 5.74) is 9.06. The van der Waals surface area contributed by atoms with Crippen LogP contribution in [0.15, 0.2) is 29.3 Å². The number of hydrogen-bond acceptors (Lipinski definition) is 0. The van der Waals surface area contributed by atoms with Gasteiger partial charge in [-0.15, -0.1) is 0 Å². The van der Waals surface area contributed by atoms with Crippen molar-refractivity contribution in [2.45, 2.75) is 45.4 Å². The van der Waals surface area contributed by atoms with Gasteiger partial charge in [-0.1, -0.05) is 34.9 Å². The zero-order valence-corrected chi connectivity index (χ0v) is 9.97. The molecule has 0 unspecified atom stereocenters. The van der Waals surface area contributed by atoms with E-state index in [1.165, 1.54) is 44.1 Å². The molecule has 0 heterocycles. The second kappa shape index (κ2) is 2.80. The molecule has 0 amide bonds. The van der Waals surface area contributed by atoms with Crippen LogP contribution in [0.3, 0.4) is 0 Å². The van der Waals surface area contributed by atoms with E-state index in [0.29, 0.717) is 0 Å². The van der Waals surface area contributed by atoms with Crippen LogP contribution in [0.1, 0.15) is 42.4 Å². The monoisotopic (exact) mass is 210 g/mol. The molecule has 0 aliphatic heterocycles. The summed E-state index contributed by atoms with van der Waals surface area (Å²) in [5, 5.41) is 0. The average Bonchev–Trinajstić information content (AvgIpc) is 3.19. The number of benzene rings is 1. The molecule has 0 N–H and O–H groups in total. The predicted octanol–water partition coefficient (Wildman–Crippen LogP) is 3.96. The molecular weight excluding hydrogens is 192 g/mol. The van der Waals surface area contributed by atoms with E-state index in [0.717, 1.165) is 5.41 Å². The molecule has 1 aromatic carbocycles. The Morgan fingerprint density at radius 1 is 1.06 bits per heavy atom. The van der Waals surface area contributed by atoms with Crippen molar-refractivity contribution in [1.29, 1.82) is 0 Å². The van der Waals surface area contributed by atoms with Crippen LogP contribution >= 0.6 is 0 Å². The molecule has 0 saturated heterocycles. The molecule has 0 nitrogen and oxygen atoms in total. The third-order valence-electron chi connectivity index (χ3n) is 4.77. The highest BCUT2D eigenvalue weighted by atomic mass is 14.6. The maximum absolute atomic E-state index is 2.40. The molecule has 1 aromatic rings. The molecular formula is C16H18. The van der Waals surface area contributed by atoms with E-state index in [1.54, 1.807) is 16.7 Å². The van der Waals surface area contributed by atoms with Gasteiger partial charge in [0.05, 0.1) is 0 Å². The Labute approximate surface area is 97.4 Å². The molecule has 0 atom stereocenters. The third kappa shape index (κ3) is 1.22. The van der Waals surface area contributed by atoms with Crippen LogP contribution in [0, 0.1) is 12.3 Å². The van der Waals surface area contributed by atoms with E-state index in [9.17, 15) is 0 Å². The molecule has 3 aliphatic rings. The number of rotatable bonds is 0. The Morgan fingerprint density at radius 2 is 1.94 bits per heavy atom. The summed E-state index contributed by atoms with van der Waals surface area (Å²) in [7, 11) is 0. The first kappa shape index (κ1) is 9.04. The second-order valence-electron chi connectivity index (χ2n) is 5.99. The second-order valence-corrected chi connectivity index (χ2v) is 5.99. The van der Waals surface area contributed by atoms with E-state index >= 15 is 0 Å². The van der Waals surface area contributed by atoms with Crippen molar-refractivity contribution in [1.82, 2.24) is 0 Å². The summed E-state index contributed by atoms with van der Waals surface area (Å²) in [4.78, 5) is 0. The topological polar surface area (TPSA) is 0 Å². The molecule has 2 fully saturated rings. The van der Waals surface area contributed by atoms with Crippen LogP contribution in [-0.4, -0.2) is 0 Å². The first-order valence-electron chi connectivity index (χ1n) is 6.57. The van der Waals surface area contributed by atoms with Gasteiger partial charge in [-0.25, -0.2) is 0 Å². The van der Waals surface area contributed by atoms with Gasteiger partial charge in [0.2, 0.25) is 0 Å². The van der Waals surface area contributed by atoms with Crippen molar-refractivity contribution in [3.63, 3.8) is 0 Å². The quantitative estimate of drug-likeness (QED) is 0.568. The Bertz CT molecular complexity index is 501. The molecule has 0 heteroatoms. The SMILES string of the molecule is Cc1ccc2c(c1)C/C(=C1\CC13CC3)CC2. The van der Waals surface area contributed by atoms with E-state index in [4.69, 9.17) is 0 Å². The van der Waals surface area contributed by atoms with Crippen molar-refractivity contribution < 1.29 is 0 Å². The van der Waals surface area contributed by atoms with E-state index < -0.39 is 0 Å². The molecule has 0 aromatic heterocycles. The normalized spacial score (nSPS) is 29.1. The van der Waals surface area contributed by atoms with Gasteiger partial charge in [-0.05, 0) is 62.0 Å². The van der Waals surface area contributed by atoms with Crippen LogP contribution in [0.4, 0.5) is 0 Å². The van der Waals surface area contributed by atoms with Crippen molar-refractivity contribution in [3.8, 4) is 0 Å². The fourth-order valence-corrected chi connectivity index (χ4v) is 3.45. The van der Waals surface area contributed by atoms with Gasteiger partial charge in [-0.3, -0.25) is 0 Å². The lowest BCUT2D eigenvalue weighted by Gasteiger charge is -2.19. The van der Waals surface area contributed by atoms with Gasteiger partial charge < -0.3 is 0 Å². The van der Waals surface area contributed by atoms with Gasteiger partial charge in [0, 0.05) is 0 Å². The van der Waals surface area contributed by atoms with E-state index in [-0.39, 0.29) is 0 Å². The van der Waals surface area contributed by atoms with Gasteiger partial charge in [-0.2, -0.15) is 0 Å². The number of fused-ring (bicyclic) bond motifs is 1. The molecule has 0 bridgehead atoms. The molecule has 4 rings (SSSR count). The standard InChI is InChI=1S/C16H18/c1-11-2-3-12-4-5-13(9-14(12)8-11)15-10-16(15)6-7-16/h2-3,8H,4-7,9-10H2,1H3/b15-13+. The summed E-state index contributed by atoms with van der Waals surface area (Å²) in [6.07, 6.45) is 8.31. The van der Waals surface area contributed by atoms with Crippen molar-refractivity contribution >= 4 is 0 Å². The zero-order valence-electron chi connectivity index (χ0n) is 9.97. The maximum Gasteiger partial charge on any atom is -0.00469 e. The minimum Gasteiger partial charge on any atom is -0.0657 e. The van der Waals surface area contributed by atoms with Crippen LogP contribution in [0.2, 0.25) is 0 Å². The van der Waals surface area contributed by atoms with Crippen LogP contribution in [-0.2, 0) is 12.8 Å². The fraction of sp³-hybridized carbons (Fsp3) is 0.500. The Balaban J connectivity index is 1.71. The summed E-state index contributed by atoms with van der Waals surface area (Å²) < 4.78 is 0. The van der Waals surface area contributed by atoms with E-state index in [1.807, 2.05) is 5.57 Å². The van der Waals surface area contributed by atoms with Crippen LogP contribution in [0.5, 0.6) is 0 Å². The van der Waals surface area contributed by atoms with Crippen LogP contribution in [0.25, 0.3) is 0 Å². The fourth-order valence-electron chi connectivity index (χ4n) is 3.45. The molecule has 1 spiro atoms. The minimum absolute atomic E-state index is 0.774. The van der Waals surface area contributed by atoms with Gasteiger partial charge >= 0.3 is 0 Å². The Morgan fingerprint density at radius 3 is 2.69 bits per heavy atom. The van der Waals surface area contributed by atoms with Crippen molar-refractivity contribution in [2.24, 2.45) is 5.41 Å².